The van der Waals surface area contributed by atoms with Crippen molar-refractivity contribution in [3.8, 4) is 0 Å². The van der Waals surface area contributed by atoms with E-state index in [1.165, 1.54) is 11.8 Å². The molecule has 1 aliphatic rings. The van der Waals surface area contributed by atoms with Gasteiger partial charge >= 0.3 is 0 Å². The summed E-state index contributed by atoms with van der Waals surface area (Å²) in [4.78, 5) is 14.5. The summed E-state index contributed by atoms with van der Waals surface area (Å²) in [7, 11) is 1.84. The van der Waals surface area contributed by atoms with E-state index in [0.29, 0.717) is 18.1 Å². The van der Waals surface area contributed by atoms with Crippen LogP contribution in [0, 0.1) is 0 Å². The van der Waals surface area contributed by atoms with Crippen molar-refractivity contribution in [2.24, 2.45) is 0 Å². The molecule has 18 heavy (non-hydrogen) atoms. The smallest absolute Gasteiger partial charge is 0.230 e. The monoisotopic (exact) mass is 286 g/mol. The highest BCUT2D eigenvalue weighted by atomic mass is 35.5. The molecule has 1 aliphatic heterocycles. The molecule has 0 fully saturated rings. The van der Waals surface area contributed by atoms with Gasteiger partial charge in [0.15, 0.2) is 0 Å². The lowest BCUT2D eigenvalue weighted by molar-refractivity contribution is -0.119. The first kappa shape index (κ1) is 13.7. The Morgan fingerprint density at radius 1 is 1.61 bits per heavy atom. The SMILES string of the molecule is CNCCN1C(=O)CC(O)Sc2c(Cl)cccc21. The van der Waals surface area contributed by atoms with Crippen LogP contribution in [-0.2, 0) is 4.79 Å². The minimum absolute atomic E-state index is 0.0775. The fourth-order valence-corrected chi connectivity index (χ4v) is 3.15. The topological polar surface area (TPSA) is 52.6 Å². The number of carbonyl (C=O) groups excluding carboxylic acids is 1. The molecule has 6 heteroatoms. The molecule has 98 valence electrons. The lowest BCUT2D eigenvalue weighted by Crippen LogP contribution is -2.36. The Hall–Kier alpha value is -0.750. The summed E-state index contributed by atoms with van der Waals surface area (Å²) in [6.45, 7) is 1.26. The van der Waals surface area contributed by atoms with Crippen molar-refractivity contribution < 1.29 is 9.90 Å². The average Bonchev–Trinajstić information content (AvgIpc) is 2.44. The van der Waals surface area contributed by atoms with E-state index in [2.05, 4.69) is 5.32 Å². The second-order valence-electron chi connectivity index (χ2n) is 4.01. The number of nitrogens with one attached hydrogen (secondary N) is 1. The quantitative estimate of drug-likeness (QED) is 0.888. The summed E-state index contributed by atoms with van der Waals surface area (Å²) >= 11 is 7.38. The van der Waals surface area contributed by atoms with Gasteiger partial charge in [-0.25, -0.2) is 0 Å². The standard InChI is InChI=1S/C12H15ClN2O2S/c1-14-5-6-15-9-4-2-3-8(13)12(9)18-11(17)7-10(15)16/h2-4,11,14,17H,5-7H2,1H3. The second kappa shape index (κ2) is 5.93. The van der Waals surface area contributed by atoms with Gasteiger partial charge in [0.1, 0.15) is 5.44 Å². The fourth-order valence-electron chi connectivity index (χ4n) is 1.87. The van der Waals surface area contributed by atoms with Crippen LogP contribution >= 0.6 is 23.4 Å². The fraction of sp³-hybridized carbons (Fsp3) is 0.417. The maximum absolute atomic E-state index is 12.1. The van der Waals surface area contributed by atoms with Crippen LogP contribution in [0.3, 0.4) is 0 Å². The molecule has 2 rings (SSSR count). The molecule has 1 aromatic rings. The first-order chi connectivity index (χ1) is 8.63. The largest absolute Gasteiger partial charge is 0.382 e. The number of hydrogen-bond acceptors (Lipinski definition) is 4. The number of anilines is 1. The van der Waals surface area contributed by atoms with Gasteiger partial charge in [-0.15, -0.1) is 0 Å². The van der Waals surface area contributed by atoms with E-state index in [4.69, 9.17) is 11.6 Å². The lowest BCUT2D eigenvalue weighted by atomic mass is 10.2. The molecule has 1 atom stereocenters. The Bertz CT molecular complexity index is 456. The number of likely N-dealkylation sites (N-methyl/N-ethyl adjacent to an activating group) is 1. The number of carbonyl (C=O) groups is 1. The van der Waals surface area contributed by atoms with Crippen molar-refractivity contribution in [3.63, 3.8) is 0 Å². The normalized spacial score (nSPS) is 19.6. The Kier molecular flexibility index (Phi) is 4.50. The van der Waals surface area contributed by atoms with E-state index in [1.54, 1.807) is 11.0 Å². The maximum atomic E-state index is 12.1. The van der Waals surface area contributed by atoms with Gasteiger partial charge in [0.05, 0.1) is 22.0 Å². The van der Waals surface area contributed by atoms with Gasteiger partial charge in [-0.1, -0.05) is 29.4 Å². The number of hydrogen-bond donors (Lipinski definition) is 2. The molecule has 0 spiro atoms. The minimum atomic E-state index is -0.740. The average molecular weight is 287 g/mol. The molecule has 1 amide bonds. The molecule has 1 unspecified atom stereocenters. The second-order valence-corrected chi connectivity index (χ2v) is 5.61. The van der Waals surface area contributed by atoms with Crippen LogP contribution in [0.2, 0.25) is 5.02 Å². The van der Waals surface area contributed by atoms with Crippen LogP contribution in [0.25, 0.3) is 0 Å². The van der Waals surface area contributed by atoms with Gasteiger partial charge in [0.2, 0.25) is 5.91 Å². The van der Waals surface area contributed by atoms with Crippen LogP contribution in [0.5, 0.6) is 0 Å². The highest BCUT2D eigenvalue weighted by Crippen LogP contribution is 2.41. The molecule has 4 nitrogen and oxygen atoms in total. The zero-order valence-electron chi connectivity index (χ0n) is 10.0. The van der Waals surface area contributed by atoms with Crippen molar-refractivity contribution >= 4 is 35.0 Å². The molecule has 0 saturated carbocycles. The van der Waals surface area contributed by atoms with Crippen LogP contribution in [0.4, 0.5) is 5.69 Å². The Balaban J connectivity index is 2.40. The van der Waals surface area contributed by atoms with Gasteiger partial charge < -0.3 is 15.3 Å². The number of amides is 1. The number of aliphatic hydroxyl groups excluding tert-OH is 1. The molecular formula is C12H15ClN2O2S. The summed E-state index contributed by atoms with van der Waals surface area (Å²) in [6.07, 6.45) is 0.111. The van der Waals surface area contributed by atoms with E-state index < -0.39 is 5.44 Å². The van der Waals surface area contributed by atoms with E-state index in [-0.39, 0.29) is 12.3 Å². The molecular weight excluding hydrogens is 272 g/mol. The Morgan fingerprint density at radius 3 is 3.11 bits per heavy atom. The molecule has 0 radical (unpaired) electrons. The Morgan fingerprint density at radius 2 is 2.39 bits per heavy atom. The van der Waals surface area contributed by atoms with Gasteiger partial charge in [0, 0.05) is 13.1 Å². The number of aliphatic hydroxyl groups is 1. The van der Waals surface area contributed by atoms with Crippen molar-refractivity contribution in [2.75, 3.05) is 25.0 Å². The first-order valence-electron chi connectivity index (χ1n) is 5.71. The predicted octanol–water partition coefficient (Wildman–Crippen LogP) is 1.71. The van der Waals surface area contributed by atoms with Gasteiger partial charge in [-0.2, -0.15) is 0 Å². The summed E-state index contributed by atoms with van der Waals surface area (Å²) in [6, 6.07) is 5.45. The van der Waals surface area contributed by atoms with Crippen molar-refractivity contribution in [1.29, 1.82) is 0 Å². The van der Waals surface area contributed by atoms with Crippen LogP contribution in [0.15, 0.2) is 23.1 Å². The van der Waals surface area contributed by atoms with Crippen LogP contribution in [-0.4, -0.2) is 36.6 Å². The summed E-state index contributed by atoms with van der Waals surface area (Å²) in [5.74, 6) is -0.0775. The number of benzene rings is 1. The zero-order valence-corrected chi connectivity index (χ0v) is 11.6. The van der Waals surface area contributed by atoms with Crippen molar-refractivity contribution in [3.05, 3.63) is 23.2 Å². The molecule has 0 saturated heterocycles. The number of rotatable bonds is 3. The van der Waals surface area contributed by atoms with Gasteiger partial charge in [0.25, 0.3) is 0 Å². The molecule has 1 aromatic carbocycles. The molecule has 0 aliphatic carbocycles. The van der Waals surface area contributed by atoms with Gasteiger partial charge in [-0.05, 0) is 19.2 Å². The molecule has 0 bridgehead atoms. The van der Waals surface area contributed by atoms with Gasteiger partial charge in [-0.3, -0.25) is 4.79 Å². The van der Waals surface area contributed by atoms with Crippen LogP contribution < -0.4 is 10.2 Å². The van der Waals surface area contributed by atoms with Crippen molar-refractivity contribution in [1.82, 2.24) is 5.32 Å². The number of halogens is 1. The number of thioether (sulfide) groups is 1. The Labute approximate surface area is 115 Å². The highest BCUT2D eigenvalue weighted by molar-refractivity contribution is 8.00. The number of fused-ring (bicyclic) bond motifs is 1. The third-order valence-corrected chi connectivity index (χ3v) is 4.26. The van der Waals surface area contributed by atoms with E-state index in [0.717, 1.165) is 10.6 Å². The third kappa shape index (κ3) is 2.80. The van der Waals surface area contributed by atoms with E-state index >= 15 is 0 Å². The molecule has 0 aromatic heterocycles. The highest BCUT2D eigenvalue weighted by Gasteiger charge is 2.28. The van der Waals surface area contributed by atoms with Crippen LogP contribution in [0.1, 0.15) is 6.42 Å². The first-order valence-corrected chi connectivity index (χ1v) is 6.97. The molecule has 2 N–H and O–H groups in total. The lowest BCUT2D eigenvalue weighted by Gasteiger charge is -2.22. The maximum Gasteiger partial charge on any atom is 0.230 e. The summed E-state index contributed by atoms with van der Waals surface area (Å²) < 4.78 is 0. The van der Waals surface area contributed by atoms with E-state index in [9.17, 15) is 9.90 Å². The minimum Gasteiger partial charge on any atom is -0.382 e. The molecule has 1 heterocycles. The van der Waals surface area contributed by atoms with Crippen molar-refractivity contribution in [2.45, 2.75) is 16.8 Å². The summed E-state index contributed by atoms with van der Waals surface area (Å²) in [5, 5.41) is 13.4. The summed E-state index contributed by atoms with van der Waals surface area (Å²) in [5.41, 5.74) is 0.0417. The third-order valence-electron chi connectivity index (χ3n) is 2.73. The predicted molar refractivity (Wildman–Crippen MR) is 74.2 cm³/mol. The van der Waals surface area contributed by atoms with E-state index in [1.807, 2.05) is 19.2 Å². The number of nitrogens with zero attached hydrogens (tertiary/aromatic N) is 1. The zero-order chi connectivity index (χ0) is 13.1.